The molecule has 0 spiro atoms. The Morgan fingerprint density at radius 3 is 1.59 bits per heavy atom. The molecule has 0 N–H and O–H groups in total. The first kappa shape index (κ1) is 14.5. The minimum absolute atomic E-state index is 0.428. The van der Waals surface area contributed by atoms with E-state index < -0.39 is 0 Å². The van der Waals surface area contributed by atoms with E-state index in [9.17, 15) is 0 Å². The first-order valence-electron chi connectivity index (χ1n) is 7.27. The lowest BCUT2D eigenvalue weighted by Crippen LogP contribution is -1.93. The summed E-state index contributed by atoms with van der Waals surface area (Å²) >= 11 is 0. The van der Waals surface area contributed by atoms with Crippen molar-refractivity contribution in [2.45, 2.75) is 6.61 Å². The third-order valence-corrected chi connectivity index (χ3v) is 3.55. The zero-order valence-corrected chi connectivity index (χ0v) is 12.5. The van der Waals surface area contributed by atoms with Gasteiger partial charge in [0, 0.05) is 0 Å². The maximum Gasteiger partial charge on any atom is 0.107 e. The summed E-state index contributed by atoms with van der Waals surface area (Å²) in [6, 6.07) is 27.2. The highest BCUT2D eigenvalue weighted by atomic mass is 17.2. The molecule has 0 radical (unpaired) electrons. The van der Waals surface area contributed by atoms with Crippen LogP contribution in [0.3, 0.4) is 0 Å². The molecule has 3 aromatic rings. The zero-order valence-electron chi connectivity index (χ0n) is 12.5. The molecule has 3 rings (SSSR count). The van der Waals surface area contributed by atoms with Crippen LogP contribution in [0.25, 0.3) is 22.3 Å². The van der Waals surface area contributed by atoms with Crippen LogP contribution < -0.4 is 0 Å². The fourth-order valence-electron chi connectivity index (χ4n) is 2.50. The lowest BCUT2D eigenvalue weighted by molar-refractivity contribution is -0.282. The van der Waals surface area contributed by atoms with Crippen molar-refractivity contribution in [3.63, 3.8) is 0 Å². The standard InChI is InChI=1S/C20H18O2/c1-21-22-15-16-12-19(17-8-4-2-5-9-17)14-20(13-16)18-10-6-3-7-11-18/h2-14H,15H2,1H3. The molecule has 0 unspecified atom stereocenters. The molecule has 0 heterocycles. The molecule has 0 fully saturated rings. The first-order valence-corrected chi connectivity index (χ1v) is 7.27. The van der Waals surface area contributed by atoms with E-state index >= 15 is 0 Å². The molecule has 2 nitrogen and oxygen atoms in total. The average Bonchev–Trinajstić information content (AvgIpc) is 2.61. The Bertz CT molecular complexity index is 663. The summed E-state index contributed by atoms with van der Waals surface area (Å²) < 4.78 is 0. The number of rotatable bonds is 5. The van der Waals surface area contributed by atoms with Gasteiger partial charge in [-0.15, -0.1) is 0 Å². The van der Waals surface area contributed by atoms with Gasteiger partial charge in [-0.2, -0.15) is 0 Å². The van der Waals surface area contributed by atoms with Gasteiger partial charge in [0.1, 0.15) is 6.61 Å². The minimum atomic E-state index is 0.428. The van der Waals surface area contributed by atoms with E-state index in [1.54, 1.807) is 0 Å². The van der Waals surface area contributed by atoms with Crippen LogP contribution >= 0.6 is 0 Å². The Morgan fingerprint density at radius 2 is 1.14 bits per heavy atom. The second-order valence-electron chi connectivity index (χ2n) is 5.08. The summed E-state index contributed by atoms with van der Waals surface area (Å²) in [5.74, 6) is 0. The van der Waals surface area contributed by atoms with Crippen LogP contribution in [0.2, 0.25) is 0 Å². The zero-order chi connectivity index (χ0) is 15.2. The summed E-state index contributed by atoms with van der Waals surface area (Å²) in [4.78, 5) is 9.84. The topological polar surface area (TPSA) is 18.5 Å². The molecule has 0 saturated carbocycles. The third-order valence-electron chi connectivity index (χ3n) is 3.55. The molecule has 0 aliphatic rings. The van der Waals surface area contributed by atoms with E-state index in [4.69, 9.17) is 9.78 Å². The van der Waals surface area contributed by atoms with Gasteiger partial charge in [-0.1, -0.05) is 60.7 Å². The summed E-state index contributed by atoms with van der Waals surface area (Å²) in [6.45, 7) is 0.428. The van der Waals surface area contributed by atoms with Crippen molar-refractivity contribution < 1.29 is 9.78 Å². The number of hydrogen-bond donors (Lipinski definition) is 0. The van der Waals surface area contributed by atoms with Crippen LogP contribution in [0.4, 0.5) is 0 Å². The molecule has 0 atom stereocenters. The molecular formula is C20H18O2. The fraction of sp³-hybridized carbons (Fsp3) is 0.100. The number of hydrogen-bond acceptors (Lipinski definition) is 2. The Balaban J connectivity index is 2.06. The summed E-state index contributed by atoms with van der Waals surface area (Å²) in [6.07, 6.45) is 0. The second kappa shape index (κ2) is 7.03. The molecule has 2 heteroatoms. The Morgan fingerprint density at radius 1 is 0.636 bits per heavy atom. The van der Waals surface area contributed by atoms with E-state index in [1.165, 1.54) is 29.4 Å². The molecule has 0 aliphatic carbocycles. The van der Waals surface area contributed by atoms with Crippen molar-refractivity contribution in [3.05, 3.63) is 84.4 Å². The summed E-state index contributed by atoms with van der Waals surface area (Å²) in [5, 5.41) is 0. The van der Waals surface area contributed by atoms with Gasteiger partial charge >= 0.3 is 0 Å². The van der Waals surface area contributed by atoms with Gasteiger partial charge in [-0.25, -0.2) is 9.78 Å². The summed E-state index contributed by atoms with van der Waals surface area (Å²) in [5.41, 5.74) is 5.83. The van der Waals surface area contributed by atoms with Gasteiger partial charge in [0.15, 0.2) is 0 Å². The highest BCUT2D eigenvalue weighted by Crippen LogP contribution is 2.28. The fourth-order valence-corrected chi connectivity index (χ4v) is 2.50. The van der Waals surface area contributed by atoms with Crippen molar-refractivity contribution in [1.82, 2.24) is 0 Å². The third kappa shape index (κ3) is 3.42. The molecule has 0 saturated heterocycles. The van der Waals surface area contributed by atoms with Crippen LogP contribution in [0.5, 0.6) is 0 Å². The predicted octanol–water partition coefficient (Wildman–Crippen LogP) is 5.10. The maximum atomic E-state index is 5.10. The molecular weight excluding hydrogens is 272 g/mol. The lowest BCUT2D eigenvalue weighted by atomic mass is 9.96. The highest BCUT2D eigenvalue weighted by molar-refractivity contribution is 5.74. The predicted molar refractivity (Wildman–Crippen MR) is 89.1 cm³/mol. The van der Waals surface area contributed by atoms with E-state index in [1.807, 2.05) is 12.1 Å². The van der Waals surface area contributed by atoms with Crippen LogP contribution in [0.1, 0.15) is 5.56 Å². The molecule has 0 aliphatic heterocycles. The van der Waals surface area contributed by atoms with Crippen molar-refractivity contribution >= 4 is 0 Å². The Kier molecular flexibility index (Phi) is 4.64. The van der Waals surface area contributed by atoms with Crippen molar-refractivity contribution in [1.29, 1.82) is 0 Å². The molecule has 22 heavy (non-hydrogen) atoms. The van der Waals surface area contributed by atoms with Crippen LogP contribution in [-0.4, -0.2) is 7.11 Å². The molecule has 0 bridgehead atoms. The normalized spacial score (nSPS) is 10.6. The van der Waals surface area contributed by atoms with Gasteiger partial charge in [0.05, 0.1) is 7.11 Å². The Hall–Kier alpha value is -2.42. The smallest absolute Gasteiger partial charge is 0.107 e. The highest BCUT2D eigenvalue weighted by Gasteiger charge is 2.05. The van der Waals surface area contributed by atoms with Gasteiger partial charge in [0.25, 0.3) is 0 Å². The van der Waals surface area contributed by atoms with E-state index in [-0.39, 0.29) is 0 Å². The molecule has 0 amide bonds. The quantitative estimate of drug-likeness (QED) is 0.481. The van der Waals surface area contributed by atoms with Gasteiger partial charge in [-0.05, 0) is 46.0 Å². The molecule has 3 aromatic carbocycles. The largest absolute Gasteiger partial charge is 0.240 e. The SMILES string of the molecule is COOCc1cc(-c2ccccc2)cc(-c2ccccc2)c1. The maximum absolute atomic E-state index is 5.10. The van der Waals surface area contributed by atoms with Gasteiger partial charge < -0.3 is 0 Å². The van der Waals surface area contributed by atoms with Crippen molar-refractivity contribution in [2.75, 3.05) is 7.11 Å². The monoisotopic (exact) mass is 290 g/mol. The molecule has 0 aromatic heterocycles. The lowest BCUT2D eigenvalue weighted by Gasteiger charge is -2.10. The van der Waals surface area contributed by atoms with Gasteiger partial charge in [-0.3, -0.25) is 0 Å². The van der Waals surface area contributed by atoms with Crippen LogP contribution in [-0.2, 0) is 16.4 Å². The van der Waals surface area contributed by atoms with E-state index in [0.29, 0.717) is 6.61 Å². The first-order chi connectivity index (χ1) is 10.9. The average molecular weight is 290 g/mol. The number of benzene rings is 3. The van der Waals surface area contributed by atoms with Crippen LogP contribution in [0.15, 0.2) is 78.9 Å². The minimum Gasteiger partial charge on any atom is -0.240 e. The molecule has 110 valence electrons. The summed E-state index contributed by atoms with van der Waals surface area (Å²) in [7, 11) is 1.53. The van der Waals surface area contributed by atoms with E-state index in [2.05, 4.69) is 66.7 Å². The Labute approximate surface area is 130 Å². The van der Waals surface area contributed by atoms with Crippen molar-refractivity contribution in [3.8, 4) is 22.3 Å². The van der Waals surface area contributed by atoms with E-state index in [0.717, 1.165) is 5.56 Å². The van der Waals surface area contributed by atoms with Crippen LogP contribution in [0, 0.1) is 0 Å². The second-order valence-corrected chi connectivity index (χ2v) is 5.08. The van der Waals surface area contributed by atoms with Gasteiger partial charge in [0.2, 0.25) is 0 Å². The van der Waals surface area contributed by atoms with Crippen molar-refractivity contribution in [2.24, 2.45) is 0 Å².